The largest absolute Gasteiger partial charge is 0.396 e. The molecule has 2 heterocycles. The number of carbonyl (C=O) groups excluding carboxylic acids is 1. The number of carbonyl (C=O) groups is 1. The van der Waals surface area contributed by atoms with E-state index >= 15 is 0 Å². The molecule has 1 fully saturated rings. The van der Waals surface area contributed by atoms with Gasteiger partial charge in [0.2, 0.25) is 0 Å². The molecule has 1 aromatic rings. The first-order chi connectivity index (χ1) is 8.61. The molecule has 6 nitrogen and oxygen atoms in total. The summed E-state index contributed by atoms with van der Waals surface area (Å²) in [7, 11) is 0. The first-order valence-corrected chi connectivity index (χ1v) is 6.33. The summed E-state index contributed by atoms with van der Waals surface area (Å²) in [6.45, 7) is 6.12. The van der Waals surface area contributed by atoms with Crippen molar-refractivity contribution in [3.05, 3.63) is 11.9 Å². The number of aromatic nitrogens is 2. The summed E-state index contributed by atoms with van der Waals surface area (Å²) >= 11 is 0. The van der Waals surface area contributed by atoms with Crippen molar-refractivity contribution in [2.75, 3.05) is 18.9 Å². The Hall–Kier alpha value is -1.56. The number of nitrogens with one attached hydrogen (secondary N) is 1. The van der Waals surface area contributed by atoms with E-state index in [1.807, 2.05) is 13.8 Å². The third kappa shape index (κ3) is 2.64. The Morgan fingerprint density at radius 1 is 1.78 bits per heavy atom. The van der Waals surface area contributed by atoms with Gasteiger partial charge in [0.1, 0.15) is 0 Å². The number of rotatable bonds is 4. The molecule has 2 unspecified atom stereocenters. The molecule has 1 aliphatic heterocycles. The van der Waals surface area contributed by atoms with Gasteiger partial charge in [0.15, 0.2) is 5.69 Å². The molecule has 0 bridgehead atoms. The minimum Gasteiger partial charge on any atom is -0.396 e. The molecule has 0 saturated carbocycles. The predicted octanol–water partition coefficient (Wildman–Crippen LogP) is 0.640. The first-order valence-electron chi connectivity index (χ1n) is 6.33. The Bertz CT molecular complexity index is 424. The normalized spacial score (nSPS) is 20.9. The second-order valence-corrected chi connectivity index (χ2v) is 4.67. The van der Waals surface area contributed by atoms with Gasteiger partial charge in [-0.2, -0.15) is 5.10 Å². The molecule has 1 aliphatic rings. The lowest BCUT2D eigenvalue weighted by molar-refractivity contribution is 0.0917. The van der Waals surface area contributed by atoms with E-state index in [0.29, 0.717) is 30.5 Å². The van der Waals surface area contributed by atoms with E-state index in [4.69, 9.17) is 10.5 Å². The fourth-order valence-electron chi connectivity index (χ4n) is 2.12. The lowest BCUT2D eigenvalue weighted by Gasteiger charge is -2.18. The van der Waals surface area contributed by atoms with Crippen LogP contribution in [0.25, 0.3) is 0 Å². The number of nitrogens with zero attached hydrogens (tertiary/aromatic N) is 2. The number of hydrogen-bond donors (Lipinski definition) is 2. The number of amides is 1. The van der Waals surface area contributed by atoms with Gasteiger partial charge in [-0.3, -0.25) is 9.48 Å². The fourth-order valence-corrected chi connectivity index (χ4v) is 2.12. The number of ether oxygens (including phenoxy) is 1. The maximum absolute atomic E-state index is 12.1. The zero-order valence-corrected chi connectivity index (χ0v) is 10.8. The molecule has 18 heavy (non-hydrogen) atoms. The Kier molecular flexibility index (Phi) is 3.86. The molecule has 2 atom stereocenters. The van der Waals surface area contributed by atoms with Crippen molar-refractivity contribution in [2.24, 2.45) is 5.92 Å². The highest BCUT2D eigenvalue weighted by Gasteiger charge is 2.25. The third-order valence-electron chi connectivity index (χ3n) is 3.36. The number of hydrogen-bond acceptors (Lipinski definition) is 4. The number of aryl methyl sites for hydroxylation is 1. The summed E-state index contributed by atoms with van der Waals surface area (Å²) < 4.78 is 6.98. The molecule has 2 rings (SSSR count). The van der Waals surface area contributed by atoms with Crippen molar-refractivity contribution < 1.29 is 9.53 Å². The lowest BCUT2D eigenvalue weighted by Crippen LogP contribution is -2.38. The van der Waals surface area contributed by atoms with Gasteiger partial charge in [-0.15, -0.1) is 0 Å². The Labute approximate surface area is 106 Å². The molecular formula is C12H20N4O2. The van der Waals surface area contributed by atoms with Crippen molar-refractivity contribution >= 4 is 11.6 Å². The standard InChI is InChI=1S/C12H20N4O2/c1-3-16-6-10(13)11(15-16)12(17)14-8(2)9-4-5-18-7-9/h6,8-9H,3-5,7,13H2,1-2H3,(H,14,17). The topological polar surface area (TPSA) is 82.2 Å². The summed E-state index contributed by atoms with van der Waals surface area (Å²) in [6, 6.07) is 0.0752. The molecule has 0 aliphatic carbocycles. The van der Waals surface area contributed by atoms with Crippen LogP contribution in [0.1, 0.15) is 30.8 Å². The zero-order chi connectivity index (χ0) is 13.1. The van der Waals surface area contributed by atoms with Gasteiger partial charge < -0.3 is 15.8 Å². The van der Waals surface area contributed by atoms with Gasteiger partial charge in [-0.05, 0) is 20.3 Å². The van der Waals surface area contributed by atoms with Gasteiger partial charge in [-0.1, -0.05) is 0 Å². The van der Waals surface area contributed by atoms with Crippen LogP contribution < -0.4 is 11.1 Å². The van der Waals surface area contributed by atoms with E-state index in [1.54, 1.807) is 10.9 Å². The van der Waals surface area contributed by atoms with E-state index in [2.05, 4.69) is 10.4 Å². The van der Waals surface area contributed by atoms with Gasteiger partial charge >= 0.3 is 0 Å². The molecule has 1 aromatic heterocycles. The quantitative estimate of drug-likeness (QED) is 0.824. The van der Waals surface area contributed by atoms with Crippen LogP contribution >= 0.6 is 0 Å². The first kappa shape index (κ1) is 12.9. The lowest BCUT2D eigenvalue weighted by atomic mass is 10.0. The van der Waals surface area contributed by atoms with E-state index in [9.17, 15) is 4.79 Å². The summed E-state index contributed by atoms with van der Waals surface area (Å²) in [4.78, 5) is 12.1. The average molecular weight is 252 g/mol. The van der Waals surface area contributed by atoms with Crippen molar-refractivity contribution in [2.45, 2.75) is 32.9 Å². The predicted molar refractivity (Wildman–Crippen MR) is 68.2 cm³/mol. The molecule has 100 valence electrons. The Balaban J connectivity index is 1.99. The summed E-state index contributed by atoms with van der Waals surface area (Å²) in [5.74, 6) is 0.169. The third-order valence-corrected chi connectivity index (χ3v) is 3.36. The van der Waals surface area contributed by atoms with Crippen molar-refractivity contribution in [1.82, 2.24) is 15.1 Å². The highest BCUT2D eigenvalue weighted by atomic mass is 16.5. The smallest absolute Gasteiger partial charge is 0.274 e. The van der Waals surface area contributed by atoms with Gasteiger partial charge in [0.25, 0.3) is 5.91 Å². The summed E-state index contributed by atoms with van der Waals surface area (Å²) in [5, 5.41) is 7.10. The van der Waals surface area contributed by atoms with Crippen molar-refractivity contribution in [1.29, 1.82) is 0 Å². The summed E-state index contributed by atoms with van der Waals surface area (Å²) in [5.41, 5.74) is 6.51. The summed E-state index contributed by atoms with van der Waals surface area (Å²) in [6.07, 6.45) is 2.67. The van der Waals surface area contributed by atoms with Crippen molar-refractivity contribution in [3.8, 4) is 0 Å². The van der Waals surface area contributed by atoms with Crippen LogP contribution in [0.15, 0.2) is 6.20 Å². The second kappa shape index (κ2) is 5.39. The molecule has 0 radical (unpaired) electrons. The van der Waals surface area contributed by atoms with Crippen LogP contribution in [0.5, 0.6) is 0 Å². The number of nitrogen functional groups attached to an aromatic ring is 1. The molecule has 0 aromatic carbocycles. The van der Waals surface area contributed by atoms with Crippen LogP contribution in [-0.4, -0.2) is 34.9 Å². The average Bonchev–Trinajstić information content (AvgIpc) is 2.97. The molecule has 1 saturated heterocycles. The molecule has 0 spiro atoms. The van der Waals surface area contributed by atoms with Crippen LogP contribution in [0.2, 0.25) is 0 Å². The highest BCUT2D eigenvalue weighted by molar-refractivity contribution is 5.97. The van der Waals surface area contributed by atoms with Crippen LogP contribution in [0.3, 0.4) is 0 Å². The fraction of sp³-hybridized carbons (Fsp3) is 0.667. The molecule has 6 heteroatoms. The van der Waals surface area contributed by atoms with Crippen LogP contribution in [0, 0.1) is 5.92 Å². The second-order valence-electron chi connectivity index (χ2n) is 4.67. The SMILES string of the molecule is CCn1cc(N)c(C(=O)NC(C)C2CCOC2)n1. The van der Waals surface area contributed by atoms with Crippen LogP contribution in [0.4, 0.5) is 5.69 Å². The minimum absolute atomic E-state index is 0.0752. The van der Waals surface area contributed by atoms with Crippen molar-refractivity contribution in [3.63, 3.8) is 0 Å². The number of nitrogens with two attached hydrogens (primary N) is 1. The Morgan fingerprint density at radius 3 is 3.11 bits per heavy atom. The van der Waals surface area contributed by atoms with E-state index in [0.717, 1.165) is 13.0 Å². The molecule has 3 N–H and O–H groups in total. The Morgan fingerprint density at radius 2 is 2.56 bits per heavy atom. The van der Waals surface area contributed by atoms with E-state index in [1.165, 1.54) is 0 Å². The highest BCUT2D eigenvalue weighted by Crippen LogP contribution is 2.17. The zero-order valence-electron chi connectivity index (χ0n) is 10.8. The number of anilines is 1. The van der Waals surface area contributed by atoms with E-state index in [-0.39, 0.29) is 11.9 Å². The minimum atomic E-state index is -0.209. The molecule has 1 amide bonds. The molecular weight excluding hydrogens is 232 g/mol. The van der Waals surface area contributed by atoms with Gasteiger partial charge in [-0.25, -0.2) is 0 Å². The van der Waals surface area contributed by atoms with Gasteiger partial charge in [0.05, 0.1) is 12.3 Å². The van der Waals surface area contributed by atoms with Gasteiger partial charge in [0, 0.05) is 31.3 Å². The monoisotopic (exact) mass is 252 g/mol. The maximum Gasteiger partial charge on any atom is 0.274 e. The maximum atomic E-state index is 12.1. The van der Waals surface area contributed by atoms with Crippen LogP contribution in [-0.2, 0) is 11.3 Å². The van der Waals surface area contributed by atoms with E-state index < -0.39 is 0 Å².